The molecule has 1 unspecified atom stereocenters. The molecular weight excluding hydrogens is 248 g/mol. The van der Waals surface area contributed by atoms with E-state index in [-0.39, 0.29) is 11.9 Å². The van der Waals surface area contributed by atoms with Crippen molar-refractivity contribution in [1.82, 2.24) is 4.90 Å². The molecule has 1 aliphatic rings. The van der Waals surface area contributed by atoms with Crippen molar-refractivity contribution in [3.8, 4) is 0 Å². The Morgan fingerprint density at radius 1 is 1.33 bits per heavy atom. The molecule has 0 bridgehead atoms. The van der Waals surface area contributed by atoms with Crippen LogP contribution < -0.4 is 5.73 Å². The molecule has 1 aromatic carbocycles. The second-order valence-electron chi connectivity index (χ2n) is 5.00. The Morgan fingerprint density at radius 2 is 1.89 bits per heavy atom. The lowest BCUT2D eigenvalue weighted by atomic mass is 9.90. The highest BCUT2D eigenvalue weighted by atomic mass is 35.5. The molecule has 0 aliphatic carbocycles. The molecule has 0 radical (unpaired) electrons. The van der Waals surface area contributed by atoms with E-state index in [4.69, 9.17) is 17.3 Å². The smallest absolute Gasteiger partial charge is 0.253 e. The molecule has 18 heavy (non-hydrogen) atoms. The Kier molecular flexibility index (Phi) is 4.25. The number of carbonyl (C=O) groups excluding carboxylic acids is 1. The summed E-state index contributed by atoms with van der Waals surface area (Å²) < 4.78 is 0. The minimum atomic E-state index is 0.0924. The SMILES string of the molecule is CC(N)C1CCN(C(=O)c2ccc(Cl)cc2)CC1. The van der Waals surface area contributed by atoms with E-state index in [1.54, 1.807) is 24.3 Å². The number of nitrogens with zero attached hydrogens (tertiary/aromatic N) is 1. The third kappa shape index (κ3) is 3.03. The molecule has 2 rings (SSSR count). The van der Waals surface area contributed by atoms with E-state index in [0.717, 1.165) is 25.9 Å². The molecule has 2 N–H and O–H groups in total. The third-order valence-electron chi connectivity index (χ3n) is 3.66. The zero-order valence-electron chi connectivity index (χ0n) is 10.6. The summed E-state index contributed by atoms with van der Waals surface area (Å²) >= 11 is 5.82. The topological polar surface area (TPSA) is 46.3 Å². The highest BCUT2D eigenvalue weighted by Crippen LogP contribution is 2.21. The lowest BCUT2D eigenvalue weighted by Gasteiger charge is -2.33. The van der Waals surface area contributed by atoms with Gasteiger partial charge in [-0.2, -0.15) is 0 Å². The minimum absolute atomic E-state index is 0.0924. The van der Waals surface area contributed by atoms with E-state index >= 15 is 0 Å². The van der Waals surface area contributed by atoms with Crippen LogP contribution >= 0.6 is 11.6 Å². The van der Waals surface area contributed by atoms with Gasteiger partial charge >= 0.3 is 0 Å². The number of amides is 1. The molecule has 0 saturated carbocycles. The van der Waals surface area contributed by atoms with Crippen molar-refractivity contribution in [2.24, 2.45) is 11.7 Å². The standard InChI is InChI=1S/C14H19ClN2O/c1-10(16)11-6-8-17(9-7-11)14(18)12-2-4-13(15)5-3-12/h2-5,10-11H,6-9,16H2,1H3. The molecule has 1 aromatic rings. The molecule has 98 valence electrons. The molecular formula is C14H19ClN2O. The molecule has 0 spiro atoms. The van der Waals surface area contributed by atoms with Crippen molar-refractivity contribution in [2.45, 2.75) is 25.8 Å². The molecule has 3 nitrogen and oxygen atoms in total. The zero-order valence-corrected chi connectivity index (χ0v) is 11.4. The molecule has 1 amide bonds. The van der Waals surface area contributed by atoms with E-state index in [2.05, 4.69) is 0 Å². The Labute approximate surface area is 113 Å². The number of halogens is 1. The molecule has 1 heterocycles. The van der Waals surface area contributed by atoms with Gasteiger partial charge in [-0.05, 0) is 49.9 Å². The van der Waals surface area contributed by atoms with E-state index < -0.39 is 0 Å². The molecule has 4 heteroatoms. The molecule has 1 aliphatic heterocycles. The van der Waals surface area contributed by atoms with Crippen LogP contribution in [0.15, 0.2) is 24.3 Å². The van der Waals surface area contributed by atoms with E-state index in [1.807, 2.05) is 11.8 Å². The number of nitrogens with two attached hydrogens (primary N) is 1. The minimum Gasteiger partial charge on any atom is -0.339 e. The fourth-order valence-corrected chi connectivity index (χ4v) is 2.53. The van der Waals surface area contributed by atoms with Gasteiger partial charge in [0.2, 0.25) is 0 Å². The van der Waals surface area contributed by atoms with Gasteiger partial charge in [0, 0.05) is 29.7 Å². The predicted molar refractivity (Wildman–Crippen MR) is 73.7 cm³/mol. The van der Waals surface area contributed by atoms with Crippen LogP contribution in [0.2, 0.25) is 5.02 Å². The normalized spacial score (nSPS) is 18.7. The number of piperidine rings is 1. The lowest BCUT2D eigenvalue weighted by molar-refractivity contribution is 0.0681. The van der Waals surface area contributed by atoms with Crippen molar-refractivity contribution < 1.29 is 4.79 Å². The summed E-state index contributed by atoms with van der Waals surface area (Å²) in [6.07, 6.45) is 1.99. The fourth-order valence-electron chi connectivity index (χ4n) is 2.40. The summed E-state index contributed by atoms with van der Waals surface area (Å²) in [5.74, 6) is 0.633. The molecule has 1 atom stereocenters. The van der Waals surface area contributed by atoms with Crippen LogP contribution in [0.4, 0.5) is 0 Å². The van der Waals surface area contributed by atoms with Crippen LogP contribution in [0.1, 0.15) is 30.1 Å². The fraction of sp³-hybridized carbons (Fsp3) is 0.500. The van der Waals surface area contributed by atoms with Crippen molar-refractivity contribution in [3.05, 3.63) is 34.9 Å². The second kappa shape index (κ2) is 5.72. The maximum Gasteiger partial charge on any atom is 0.253 e. The quantitative estimate of drug-likeness (QED) is 0.894. The van der Waals surface area contributed by atoms with Gasteiger partial charge in [0.15, 0.2) is 0 Å². The average Bonchev–Trinajstić information content (AvgIpc) is 2.39. The first kappa shape index (κ1) is 13.4. The largest absolute Gasteiger partial charge is 0.339 e. The van der Waals surface area contributed by atoms with Crippen LogP contribution in [0, 0.1) is 5.92 Å². The van der Waals surface area contributed by atoms with Gasteiger partial charge in [-0.3, -0.25) is 4.79 Å². The zero-order chi connectivity index (χ0) is 13.1. The van der Waals surface area contributed by atoms with Gasteiger partial charge in [0.05, 0.1) is 0 Å². The molecule has 1 fully saturated rings. The number of benzene rings is 1. The number of hydrogen-bond acceptors (Lipinski definition) is 2. The van der Waals surface area contributed by atoms with Crippen LogP contribution in [0.5, 0.6) is 0 Å². The van der Waals surface area contributed by atoms with Gasteiger partial charge in [-0.1, -0.05) is 11.6 Å². The summed E-state index contributed by atoms with van der Waals surface area (Å²) in [5, 5.41) is 0.655. The van der Waals surface area contributed by atoms with Crippen LogP contribution in [-0.4, -0.2) is 29.9 Å². The summed E-state index contributed by atoms with van der Waals surface area (Å²) in [5.41, 5.74) is 6.61. The number of carbonyl (C=O) groups is 1. The highest BCUT2D eigenvalue weighted by Gasteiger charge is 2.25. The molecule has 0 aromatic heterocycles. The second-order valence-corrected chi connectivity index (χ2v) is 5.43. The van der Waals surface area contributed by atoms with Crippen LogP contribution in [0.3, 0.4) is 0 Å². The van der Waals surface area contributed by atoms with E-state index in [1.165, 1.54) is 0 Å². The maximum atomic E-state index is 12.2. The first-order valence-corrected chi connectivity index (χ1v) is 6.76. The number of rotatable bonds is 2. The summed E-state index contributed by atoms with van der Waals surface area (Å²) in [6.45, 7) is 3.64. The average molecular weight is 267 g/mol. The first-order chi connectivity index (χ1) is 8.58. The van der Waals surface area contributed by atoms with Crippen molar-refractivity contribution in [2.75, 3.05) is 13.1 Å². The van der Waals surface area contributed by atoms with Gasteiger partial charge in [-0.25, -0.2) is 0 Å². The summed E-state index contributed by atoms with van der Waals surface area (Å²) in [7, 11) is 0. The monoisotopic (exact) mass is 266 g/mol. The van der Waals surface area contributed by atoms with Crippen molar-refractivity contribution in [3.63, 3.8) is 0 Å². The van der Waals surface area contributed by atoms with Gasteiger partial charge < -0.3 is 10.6 Å². The maximum absolute atomic E-state index is 12.2. The van der Waals surface area contributed by atoms with Gasteiger partial charge in [0.1, 0.15) is 0 Å². The Morgan fingerprint density at radius 3 is 2.39 bits per heavy atom. The Bertz CT molecular complexity index is 408. The van der Waals surface area contributed by atoms with E-state index in [0.29, 0.717) is 16.5 Å². The highest BCUT2D eigenvalue weighted by molar-refractivity contribution is 6.30. The van der Waals surface area contributed by atoms with Crippen molar-refractivity contribution >= 4 is 17.5 Å². The van der Waals surface area contributed by atoms with Crippen LogP contribution in [-0.2, 0) is 0 Å². The summed E-state index contributed by atoms with van der Waals surface area (Å²) in [4.78, 5) is 14.1. The lowest BCUT2D eigenvalue weighted by Crippen LogP contribution is -2.42. The first-order valence-electron chi connectivity index (χ1n) is 6.38. The Balaban J connectivity index is 1.97. The van der Waals surface area contributed by atoms with Gasteiger partial charge in [-0.15, -0.1) is 0 Å². The predicted octanol–water partition coefficient (Wildman–Crippen LogP) is 2.54. The number of hydrogen-bond donors (Lipinski definition) is 1. The summed E-state index contributed by atoms with van der Waals surface area (Å²) in [6, 6.07) is 7.29. The number of likely N-dealkylation sites (tertiary alicyclic amines) is 1. The third-order valence-corrected chi connectivity index (χ3v) is 3.91. The van der Waals surface area contributed by atoms with E-state index in [9.17, 15) is 4.79 Å². The van der Waals surface area contributed by atoms with Crippen LogP contribution in [0.25, 0.3) is 0 Å². The molecule has 1 saturated heterocycles. The van der Waals surface area contributed by atoms with Gasteiger partial charge in [0.25, 0.3) is 5.91 Å². The van der Waals surface area contributed by atoms with Crippen molar-refractivity contribution in [1.29, 1.82) is 0 Å². The Hall–Kier alpha value is -1.06.